The summed E-state index contributed by atoms with van der Waals surface area (Å²) in [6, 6.07) is 20.0. The summed E-state index contributed by atoms with van der Waals surface area (Å²) in [4.78, 5) is 4.99. The Labute approximate surface area is 146 Å². The zero-order chi connectivity index (χ0) is 16.8. The second-order valence-electron chi connectivity index (χ2n) is 6.93. The third-order valence-electron chi connectivity index (χ3n) is 4.91. The quantitative estimate of drug-likeness (QED) is 0.881. The molecule has 1 saturated heterocycles. The third-order valence-corrected chi connectivity index (χ3v) is 4.91. The Hall–Kier alpha value is -1.68. The summed E-state index contributed by atoms with van der Waals surface area (Å²) >= 11 is 0. The van der Waals surface area contributed by atoms with Crippen LogP contribution in [0.5, 0.6) is 0 Å². The molecule has 3 nitrogen and oxygen atoms in total. The molecule has 1 fully saturated rings. The molecule has 0 aromatic heterocycles. The predicted molar refractivity (Wildman–Crippen MR) is 101 cm³/mol. The highest BCUT2D eigenvalue weighted by Gasteiger charge is 2.19. The first-order valence-corrected chi connectivity index (χ1v) is 8.95. The molecule has 3 heteroatoms. The minimum absolute atomic E-state index is 0.371. The van der Waals surface area contributed by atoms with E-state index in [2.05, 4.69) is 83.7 Å². The lowest BCUT2D eigenvalue weighted by atomic mass is 10.0. The average molecular weight is 323 g/mol. The van der Waals surface area contributed by atoms with Crippen molar-refractivity contribution in [1.82, 2.24) is 15.1 Å². The van der Waals surface area contributed by atoms with Crippen molar-refractivity contribution in [3.8, 4) is 0 Å². The first-order chi connectivity index (χ1) is 11.7. The van der Waals surface area contributed by atoms with Crippen LogP contribution in [0.1, 0.15) is 22.7 Å². The van der Waals surface area contributed by atoms with Gasteiger partial charge in [-0.3, -0.25) is 4.90 Å². The fourth-order valence-corrected chi connectivity index (χ4v) is 3.21. The van der Waals surface area contributed by atoms with Gasteiger partial charge in [-0.2, -0.15) is 0 Å². The lowest BCUT2D eigenvalue weighted by Crippen LogP contribution is -2.47. The largest absolute Gasteiger partial charge is 0.305 e. The fourth-order valence-electron chi connectivity index (χ4n) is 3.21. The highest BCUT2D eigenvalue weighted by atomic mass is 15.3. The van der Waals surface area contributed by atoms with Gasteiger partial charge in [0.25, 0.3) is 0 Å². The van der Waals surface area contributed by atoms with Gasteiger partial charge >= 0.3 is 0 Å². The van der Waals surface area contributed by atoms with Crippen LogP contribution in [0.2, 0.25) is 0 Å². The second kappa shape index (κ2) is 8.43. The van der Waals surface area contributed by atoms with Gasteiger partial charge in [0.1, 0.15) is 0 Å². The third kappa shape index (κ3) is 4.91. The van der Waals surface area contributed by atoms with E-state index in [0.29, 0.717) is 6.04 Å². The molecule has 1 aliphatic rings. The Morgan fingerprint density at radius 3 is 2.25 bits per heavy atom. The van der Waals surface area contributed by atoms with E-state index in [1.807, 2.05) is 0 Å². The van der Waals surface area contributed by atoms with Crippen LogP contribution in [0, 0.1) is 6.92 Å². The van der Waals surface area contributed by atoms with Crippen molar-refractivity contribution in [2.75, 3.05) is 39.8 Å². The molecular formula is C21H29N3. The molecule has 0 radical (unpaired) electrons. The highest BCUT2D eigenvalue weighted by Crippen LogP contribution is 2.16. The van der Waals surface area contributed by atoms with Crippen molar-refractivity contribution in [3.05, 3.63) is 71.3 Å². The second-order valence-corrected chi connectivity index (χ2v) is 6.93. The Morgan fingerprint density at radius 2 is 1.58 bits per heavy atom. The summed E-state index contributed by atoms with van der Waals surface area (Å²) in [5, 5.41) is 3.78. The smallest absolute Gasteiger partial charge is 0.0451 e. The van der Waals surface area contributed by atoms with Gasteiger partial charge in [-0.25, -0.2) is 0 Å². The molecule has 1 aliphatic heterocycles. The van der Waals surface area contributed by atoms with E-state index in [1.54, 1.807) is 0 Å². The Bertz CT molecular complexity index is 601. The van der Waals surface area contributed by atoms with Gasteiger partial charge in [0.15, 0.2) is 0 Å². The van der Waals surface area contributed by atoms with Crippen LogP contribution in [0.3, 0.4) is 0 Å². The Balaban J connectivity index is 1.64. The molecule has 128 valence electrons. The molecule has 2 aromatic carbocycles. The van der Waals surface area contributed by atoms with E-state index < -0.39 is 0 Å². The molecule has 1 heterocycles. The summed E-state index contributed by atoms with van der Waals surface area (Å²) in [6.07, 6.45) is 0. The molecule has 0 amide bonds. The van der Waals surface area contributed by atoms with Gasteiger partial charge in [-0.1, -0.05) is 60.2 Å². The van der Waals surface area contributed by atoms with Crippen molar-refractivity contribution in [2.24, 2.45) is 0 Å². The maximum absolute atomic E-state index is 3.78. The SMILES string of the molecule is Cc1ccc(CN[C@H](CN2CCN(C)CC2)c2ccccc2)cc1. The van der Waals surface area contributed by atoms with Crippen LogP contribution >= 0.6 is 0 Å². The lowest BCUT2D eigenvalue weighted by Gasteiger charge is -2.35. The highest BCUT2D eigenvalue weighted by molar-refractivity contribution is 5.23. The van der Waals surface area contributed by atoms with Crippen molar-refractivity contribution in [3.63, 3.8) is 0 Å². The molecule has 0 unspecified atom stereocenters. The van der Waals surface area contributed by atoms with Gasteiger partial charge < -0.3 is 10.2 Å². The van der Waals surface area contributed by atoms with E-state index in [0.717, 1.165) is 26.2 Å². The van der Waals surface area contributed by atoms with Gasteiger partial charge in [0, 0.05) is 45.3 Å². The number of nitrogens with zero attached hydrogens (tertiary/aromatic N) is 2. The van der Waals surface area contributed by atoms with Crippen LogP contribution < -0.4 is 5.32 Å². The molecule has 1 N–H and O–H groups in total. The normalized spacial score (nSPS) is 17.8. The number of nitrogens with one attached hydrogen (secondary N) is 1. The number of piperazine rings is 1. The summed E-state index contributed by atoms with van der Waals surface area (Å²) in [5.41, 5.74) is 4.04. The Kier molecular flexibility index (Phi) is 6.02. The first-order valence-electron chi connectivity index (χ1n) is 8.95. The monoisotopic (exact) mass is 323 g/mol. The number of hydrogen-bond donors (Lipinski definition) is 1. The van der Waals surface area contributed by atoms with Gasteiger partial charge in [0.05, 0.1) is 0 Å². The fraction of sp³-hybridized carbons (Fsp3) is 0.429. The summed E-state index contributed by atoms with van der Waals surface area (Å²) in [5.74, 6) is 0. The zero-order valence-corrected chi connectivity index (χ0v) is 14.9. The van der Waals surface area contributed by atoms with E-state index >= 15 is 0 Å². The van der Waals surface area contributed by atoms with E-state index in [4.69, 9.17) is 0 Å². The molecule has 3 rings (SSSR count). The van der Waals surface area contributed by atoms with Crippen LogP contribution in [-0.2, 0) is 6.54 Å². The van der Waals surface area contributed by atoms with Gasteiger partial charge in [0.2, 0.25) is 0 Å². The summed E-state index contributed by atoms with van der Waals surface area (Å²) in [6.45, 7) is 8.77. The number of benzene rings is 2. The first kappa shape index (κ1) is 17.2. The van der Waals surface area contributed by atoms with Crippen LogP contribution in [-0.4, -0.2) is 49.6 Å². The minimum Gasteiger partial charge on any atom is -0.305 e. The summed E-state index contributed by atoms with van der Waals surface area (Å²) < 4.78 is 0. The van der Waals surface area contributed by atoms with Crippen molar-refractivity contribution in [1.29, 1.82) is 0 Å². The molecule has 0 saturated carbocycles. The topological polar surface area (TPSA) is 18.5 Å². The predicted octanol–water partition coefficient (Wildman–Crippen LogP) is 3.07. The lowest BCUT2D eigenvalue weighted by molar-refractivity contribution is 0.142. The van der Waals surface area contributed by atoms with Crippen LogP contribution in [0.25, 0.3) is 0 Å². The number of likely N-dealkylation sites (N-methyl/N-ethyl adjacent to an activating group) is 1. The van der Waals surface area contributed by atoms with Crippen LogP contribution in [0.15, 0.2) is 54.6 Å². The standard InChI is InChI=1S/C21H29N3/c1-18-8-10-19(11-9-18)16-22-21(20-6-4-3-5-7-20)17-24-14-12-23(2)13-15-24/h3-11,21-22H,12-17H2,1-2H3/t21-/m1/s1. The molecule has 2 aromatic rings. The van der Waals surface area contributed by atoms with E-state index in [1.165, 1.54) is 29.8 Å². The van der Waals surface area contributed by atoms with E-state index in [-0.39, 0.29) is 0 Å². The number of hydrogen-bond acceptors (Lipinski definition) is 3. The number of aryl methyl sites for hydroxylation is 1. The minimum atomic E-state index is 0.371. The van der Waals surface area contributed by atoms with Crippen LogP contribution in [0.4, 0.5) is 0 Å². The van der Waals surface area contributed by atoms with E-state index in [9.17, 15) is 0 Å². The number of rotatable bonds is 6. The van der Waals surface area contributed by atoms with Crippen molar-refractivity contribution >= 4 is 0 Å². The molecule has 0 bridgehead atoms. The van der Waals surface area contributed by atoms with Gasteiger partial charge in [-0.15, -0.1) is 0 Å². The maximum Gasteiger partial charge on any atom is 0.0451 e. The molecule has 1 atom stereocenters. The molecular weight excluding hydrogens is 294 g/mol. The maximum atomic E-state index is 3.78. The average Bonchev–Trinajstić information content (AvgIpc) is 2.62. The summed E-state index contributed by atoms with van der Waals surface area (Å²) in [7, 11) is 2.21. The van der Waals surface area contributed by atoms with Gasteiger partial charge in [-0.05, 0) is 25.1 Å². The zero-order valence-electron chi connectivity index (χ0n) is 14.9. The molecule has 0 spiro atoms. The Morgan fingerprint density at radius 1 is 0.917 bits per heavy atom. The van der Waals surface area contributed by atoms with Crippen molar-refractivity contribution < 1.29 is 0 Å². The molecule has 0 aliphatic carbocycles. The van der Waals surface area contributed by atoms with Crippen molar-refractivity contribution in [2.45, 2.75) is 19.5 Å². The molecule has 24 heavy (non-hydrogen) atoms.